The van der Waals surface area contributed by atoms with Crippen LogP contribution in [-0.4, -0.2) is 46.8 Å². The summed E-state index contributed by atoms with van der Waals surface area (Å²) in [5, 5.41) is 6.83. The summed E-state index contributed by atoms with van der Waals surface area (Å²) in [5.74, 6) is 1.04. The third-order valence-corrected chi connectivity index (χ3v) is 5.16. The number of ether oxygens (including phenoxy) is 1. The van der Waals surface area contributed by atoms with Crippen molar-refractivity contribution in [3.63, 3.8) is 0 Å². The van der Waals surface area contributed by atoms with E-state index < -0.39 is 5.60 Å². The molecule has 7 heteroatoms. The average Bonchev–Trinajstić information content (AvgIpc) is 3.45. The Balaban J connectivity index is 0.000000330. The molecule has 7 nitrogen and oxygen atoms in total. The molecular weight excluding hydrogens is 394 g/mol. The monoisotopic (exact) mass is 427 g/mol. The lowest BCUT2D eigenvalue weighted by molar-refractivity contribution is 0.0199. The van der Waals surface area contributed by atoms with Gasteiger partial charge in [-0.1, -0.05) is 41.1 Å². The van der Waals surface area contributed by atoms with E-state index in [0.29, 0.717) is 37.5 Å². The standard InChI is InChI=1S/C17H25N3O4.C7H8/c1-17(2,3)23-16(22)20-8-6-12(7-9-20)18-15(21)13-10-14(24-19-13)11-4-5-11;1-7-5-3-2-4-6-7/h10-12H,4-9H2,1-3H3,(H,18,21);2-6H,1H3. The highest BCUT2D eigenvalue weighted by Crippen LogP contribution is 2.40. The van der Waals surface area contributed by atoms with Crippen molar-refractivity contribution in [2.24, 2.45) is 0 Å². The van der Waals surface area contributed by atoms with E-state index in [0.717, 1.165) is 18.6 Å². The van der Waals surface area contributed by atoms with E-state index in [4.69, 9.17) is 9.26 Å². The van der Waals surface area contributed by atoms with Gasteiger partial charge in [0, 0.05) is 31.1 Å². The van der Waals surface area contributed by atoms with Gasteiger partial charge in [-0.25, -0.2) is 4.79 Å². The first-order chi connectivity index (χ1) is 14.7. The SMILES string of the molecule is CC(C)(C)OC(=O)N1CCC(NC(=O)c2cc(C3CC3)on2)CC1.Cc1ccccc1. The quantitative estimate of drug-likeness (QED) is 0.769. The van der Waals surface area contributed by atoms with Gasteiger partial charge in [-0.15, -0.1) is 0 Å². The number of nitrogens with zero attached hydrogens (tertiary/aromatic N) is 2. The maximum atomic E-state index is 12.2. The second-order valence-electron chi connectivity index (χ2n) is 9.26. The van der Waals surface area contributed by atoms with E-state index in [1.165, 1.54) is 5.56 Å². The maximum Gasteiger partial charge on any atom is 0.410 e. The van der Waals surface area contributed by atoms with Gasteiger partial charge in [0.2, 0.25) is 0 Å². The number of nitrogens with one attached hydrogen (secondary N) is 1. The molecule has 1 aliphatic heterocycles. The molecule has 0 atom stereocenters. The van der Waals surface area contributed by atoms with Gasteiger partial charge in [0.1, 0.15) is 11.4 Å². The fraction of sp³-hybridized carbons (Fsp3) is 0.542. The third-order valence-electron chi connectivity index (χ3n) is 5.16. The fourth-order valence-corrected chi connectivity index (χ4v) is 3.28. The fourth-order valence-electron chi connectivity index (χ4n) is 3.28. The van der Waals surface area contributed by atoms with Gasteiger partial charge in [-0.3, -0.25) is 4.79 Å². The molecule has 2 fully saturated rings. The number of piperidine rings is 1. The van der Waals surface area contributed by atoms with E-state index >= 15 is 0 Å². The number of hydrogen-bond donors (Lipinski definition) is 1. The minimum Gasteiger partial charge on any atom is -0.444 e. The molecule has 31 heavy (non-hydrogen) atoms. The van der Waals surface area contributed by atoms with Gasteiger partial charge in [0.15, 0.2) is 5.69 Å². The van der Waals surface area contributed by atoms with Gasteiger partial charge < -0.3 is 19.5 Å². The highest BCUT2D eigenvalue weighted by atomic mass is 16.6. The van der Waals surface area contributed by atoms with Crippen LogP contribution < -0.4 is 5.32 Å². The minimum atomic E-state index is -0.492. The molecule has 0 bridgehead atoms. The molecule has 1 aromatic carbocycles. The van der Waals surface area contributed by atoms with E-state index in [1.54, 1.807) is 11.0 Å². The first kappa shape index (κ1) is 22.8. The molecule has 0 radical (unpaired) electrons. The number of benzene rings is 1. The Labute approximate surface area is 184 Å². The second-order valence-corrected chi connectivity index (χ2v) is 9.26. The van der Waals surface area contributed by atoms with Crippen molar-refractivity contribution in [2.75, 3.05) is 13.1 Å². The van der Waals surface area contributed by atoms with Crippen molar-refractivity contribution in [1.29, 1.82) is 0 Å². The number of hydrogen-bond acceptors (Lipinski definition) is 5. The zero-order valence-electron chi connectivity index (χ0n) is 18.9. The summed E-state index contributed by atoms with van der Waals surface area (Å²) in [4.78, 5) is 26.0. The van der Waals surface area contributed by atoms with Gasteiger partial charge >= 0.3 is 6.09 Å². The maximum absolute atomic E-state index is 12.2. The number of amides is 2. The van der Waals surface area contributed by atoms with Crippen LogP contribution in [0.5, 0.6) is 0 Å². The van der Waals surface area contributed by atoms with Gasteiger partial charge in [0.05, 0.1) is 0 Å². The summed E-state index contributed by atoms with van der Waals surface area (Å²) in [6.07, 6.45) is 3.34. The summed E-state index contributed by atoms with van der Waals surface area (Å²) in [6, 6.07) is 12.0. The van der Waals surface area contributed by atoms with Gasteiger partial charge in [-0.05, 0) is 53.4 Å². The molecule has 1 saturated heterocycles. The Kier molecular flexibility index (Phi) is 7.36. The molecule has 2 amide bonds. The van der Waals surface area contributed by atoms with Crippen LogP contribution in [0.15, 0.2) is 40.9 Å². The van der Waals surface area contributed by atoms with Gasteiger partial charge in [-0.2, -0.15) is 0 Å². The lowest BCUT2D eigenvalue weighted by Crippen LogP contribution is -2.47. The van der Waals surface area contributed by atoms with E-state index in [9.17, 15) is 9.59 Å². The Morgan fingerprint density at radius 2 is 1.74 bits per heavy atom. The second kappa shape index (κ2) is 9.98. The highest BCUT2D eigenvalue weighted by molar-refractivity contribution is 5.92. The molecular formula is C24H33N3O4. The van der Waals surface area contributed by atoms with Crippen LogP contribution in [0.3, 0.4) is 0 Å². The van der Waals surface area contributed by atoms with Crippen LogP contribution in [-0.2, 0) is 4.74 Å². The number of likely N-dealkylation sites (tertiary alicyclic amines) is 1. The lowest BCUT2D eigenvalue weighted by Gasteiger charge is -2.33. The smallest absolute Gasteiger partial charge is 0.410 e. The molecule has 2 aromatic rings. The zero-order chi connectivity index (χ0) is 22.4. The zero-order valence-corrected chi connectivity index (χ0v) is 18.9. The molecule has 2 heterocycles. The van der Waals surface area contributed by atoms with Crippen LogP contribution in [0.2, 0.25) is 0 Å². The normalized spacial score (nSPS) is 16.8. The van der Waals surface area contributed by atoms with Crippen molar-refractivity contribution in [2.45, 2.75) is 70.9 Å². The Bertz CT molecular complexity index is 860. The summed E-state index contributed by atoms with van der Waals surface area (Å²) in [6.45, 7) is 8.79. The Morgan fingerprint density at radius 3 is 2.26 bits per heavy atom. The summed E-state index contributed by atoms with van der Waals surface area (Å²) < 4.78 is 10.6. The predicted molar refractivity (Wildman–Crippen MR) is 118 cm³/mol. The average molecular weight is 428 g/mol. The topological polar surface area (TPSA) is 84.7 Å². The van der Waals surface area contributed by atoms with Crippen molar-refractivity contribution in [3.8, 4) is 0 Å². The van der Waals surface area contributed by atoms with Crippen LogP contribution >= 0.6 is 0 Å². The van der Waals surface area contributed by atoms with Crippen LogP contribution in [0.25, 0.3) is 0 Å². The largest absolute Gasteiger partial charge is 0.444 e. The predicted octanol–water partition coefficient (Wildman–Crippen LogP) is 4.68. The highest BCUT2D eigenvalue weighted by Gasteiger charge is 2.30. The summed E-state index contributed by atoms with van der Waals surface area (Å²) in [5.41, 5.74) is 1.17. The molecule has 1 aliphatic carbocycles. The van der Waals surface area contributed by atoms with Crippen molar-refractivity contribution in [3.05, 3.63) is 53.4 Å². The number of aryl methyl sites for hydroxylation is 1. The van der Waals surface area contributed by atoms with E-state index in [2.05, 4.69) is 29.5 Å². The molecule has 1 saturated carbocycles. The molecule has 0 unspecified atom stereocenters. The minimum absolute atomic E-state index is 0.0391. The number of rotatable bonds is 3. The summed E-state index contributed by atoms with van der Waals surface area (Å²) in [7, 11) is 0. The van der Waals surface area contributed by atoms with Crippen molar-refractivity contribution < 1.29 is 18.8 Å². The lowest BCUT2D eigenvalue weighted by atomic mass is 10.1. The third kappa shape index (κ3) is 7.42. The van der Waals surface area contributed by atoms with Crippen LogP contribution in [0.4, 0.5) is 4.79 Å². The Hall–Kier alpha value is -2.83. The molecule has 1 aromatic heterocycles. The molecule has 1 N–H and O–H groups in total. The number of aromatic nitrogens is 1. The molecule has 2 aliphatic rings. The van der Waals surface area contributed by atoms with E-state index in [1.807, 2.05) is 39.0 Å². The summed E-state index contributed by atoms with van der Waals surface area (Å²) >= 11 is 0. The van der Waals surface area contributed by atoms with E-state index in [-0.39, 0.29) is 18.0 Å². The van der Waals surface area contributed by atoms with Crippen molar-refractivity contribution in [1.82, 2.24) is 15.4 Å². The van der Waals surface area contributed by atoms with Crippen LogP contribution in [0, 0.1) is 6.92 Å². The molecule has 4 rings (SSSR count). The number of carbonyl (C=O) groups is 2. The van der Waals surface area contributed by atoms with Gasteiger partial charge in [0.25, 0.3) is 5.91 Å². The first-order valence-corrected chi connectivity index (χ1v) is 11.0. The van der Waals surface area contributed by atoms with Crippen LogP contribution in [0.1, 0.15) is 74.2 Å². The van der Waals surface area contributed by atoms with Crippen molar-refractivity contribution >= 4 is 12.0 Å². The molecule has 168 valence electrons. The Morgan fingerprint density at radius 1 is 1.10 bits per heavy atom. The first-order valence-electron chi connectivity index (χ1n) is 11.0. The number of carbonyl (C=O) groups excluding carboxylic acids is 2. The molecule has 0 spiro atoms.